The van der Waals surface area contributed by atoms with Gasteiger partial charge < -0.3 is 4.98 Å². The fraction of sp³-hybridized carbons (Fsp3) is 0. The van der Waals surface area contributed by atoms with E-state index in [0.29, 0.717) is 22.9 Å². The Labute approximate surface area is 118 Å². The van der Waals surface area contributed by atoms with Gasteiger partial charge in [0.15, 0.2) is 6.29 Å². The van der Waals surface area contributed by atoms with Crippen LogP contribution in [0.5, 0.6) is 0 Å². The maximum absolute atomic E-state index is 13.9. The van der Waals surface area contributed by atoms with E-state index in [1.807, 2.05) is 0 Å². The molecule has 0 saturated heterocycles. The predicted octanol–water partition coefficient (Wildman–Crippen LogP) is 3.69. The highest BCUT2D eigenvalue weighted by molar-refractivity contribution is 6.05. The number of hydrogen-bond acceptors (Lipinski definition) is 3. The smallest absolute Gasteiger partial charge is 0.270 e. The van der Waals surface area contributed by atoms with E-state index < -0.39 is 10.7 Å². The van der Waals surface area contributed by atoms with Crippen molar-refractivity contribution in [1.29, 1.82) is 0 Å². The van der Waals surface area contributed by atoms with E-state index in [9.17, 15) is 19.3 Å². The molecule has 0 bridgehead atoms. The summed E-state index contributed by atoms with van der Waals surface area (Å²) in [5.41, 5.74) is 1.20. The predicted molar refractivity (Wildman–Crippen MR) is 75.7 cm³/mol. The molecule has 104 valence electrons. The number of carbonyl (C=O) groups excluding carboxylic acids is 1. The molecule has 5 nitrogen and oxygen atoms in total. The highest BCUT2D eigenvalue weighted by Crippen LogP contribution is 2.32. The number of aldehydes is 1. The van der Waals surface area contributed by atoms with Crippen molar-refractivity contribution in [3.05, 3.63) is 64.0 Å². The van der Waals surface area contributed by atoms with Crippen LogP contribution in [0.3, 0.4) is 0 Å². The summed E-state index contributed by atoms with van der Waals surface area (Å²) in [5, 5.41) is 11.2. The Morgan fingerprint density at radius 1 is 1.19 bits per heavy atom. The lowest BCUT2D eigenvalue weighted by Gasteiger charge is -2.01. The van der Waals surface area contributed by atoms with Gasteiger partial charge in [0.05, 0.1) is 10.6 Å². The Morgan fingerprint density at radius 3 is 2.62 bits per heavy atom. The molecule has 0 aliphatic carbocycles. The summed E-state index contributed by atoms with van der Waals surface area (Å²) in [4.78, 5) is 24.6. The van der Waals surface area contributed by atoms with Gasteiger partial charge in [0.2, 0.25) is 0 Å². The number of nitrogens with zero attached hydrogens (tertiary/aromatic N) is 1. The zero-order valence-corrected chi connectivity index (χ0v) is 10.7. The Bertz CT molecular complexity index is 870. The molecular formula is C15H9FN2O3. The number of fused-ring (bicyclic) bond motifs is 1. The first-order chi connectivity index (χ1) is 10.1. The summed E-state index contributed by atoms with van der Waals surface area (Å²) in [6.45, 7) is 0. The van der Waals surface area contributed by atoms with Gasteiger partial charge in [-0.2, -0.15) is 0 Å². The molecule has 2 aromatic carbocycles. The van der Waals surface area contributed by atoms with Gasteiger partial charge in [0.25, 0.3) is 5.69 Å². The molecule has 0 aliphatic rings. The number of halogens is 1. The van der Waals surface area contributed by atoms with Crippen molar-refractivity contribution in [2.45, 2.75) is 0 Å². The van der Waals surface area contributed by atoms with Crippen LogP contribution < -0.4 is 0 Å². The molecule has 0 amide bonds. The molecule has 1 heterocycles. The first-order valence-corrected chi connectivity index (χ1v) is 6.12. The van der Waals surface area contributed by atoms with Gasteiger partial charge in [-0.3, -0.25) is 14.9 Å². The second kappa shape index (κ2) is 4.82. The monoisotopic (exact) mass is 284 g/mol. The van der Waals surface area contributed by atoms with Gasteiger partial charge >= 0.3 is 0 Å². The van der Waals surface area contributed by atoms with Crippen molar-refractivity contribution in [1.82, 2.24) is 4.98 Å². The highest BCUT2D eigenvalue weighted by atomic mass is 19.1. The highest BCUT2D eigenvalue weighted by Gasteiger charge is 2.17. The van der Waals surface area contributed by atoms with Crippen molar-refractivity contribution in [2.75, 3.05) is 0 Å². The Kier molecular flexibility index (Phi) is 2.98. The van der Waals surface area contributed by atoms with Crippen LogP contribution in [0.15, 0.2) is 42.5 Å². The number of nitrogens with one attached hydrogen (secondary N) is 1. The fourth-order valence-corrected chi connectivity index (χ4v) is 2.31. The number of aromatic nitrogens is 1. The van der Waals surface area contributed by atoms with E-state index in [4.69, 9.17) is 0 Å². The van der Waals surface area contributed by atoms with Gasteiger partial charge in [-0.15, -0.1) is 0 Å². The number of nitro benzene ring substituents is 1. The van der Waals surface area contributed by atoms with Crippen molar-refractivity contribution in [3.63, 3.8) is 0 Å². The quantitative estimate of drug-likeness (QED) is 0.452. The number of nitro groups is 1. The largest absolute Gasteiger partial charge is 0.354 e. The molecule has 6 heteroatoms. The lowest BCUT2D eigenvalue weighted by atomic mass is 10.1. The van der Waals surface area contributed by atoms with E-state index in [1.54, 1.807) is 18.2 Å². The normalized spacial score (nSPS) is 10.7. The van der Waals surface area contributed by atoms with Gasteiger partial charge in [-0.25, -0.2) is 4.39 Å². The number of non-ortho nitro benzene ring substituents is 1. The third-order valence-electron chi connectivity index (χ3n) is 3.29. The second-order valence-corrected chi connectivity index (χ2v) is 4.50. The van der Waals surface area contributed by atoms with E-state index in [1.165, 1.54) is 24.3 Å². The molecule has 0 atom stereocenters. The zero-order chi connectivity index (χ0) is 15.0. The van der Waals surface area contributed by atoms with Crippen LogP contribution in [0.4, 0.5) is 10.1 Å². The summed E-state index contributed by atoms with van der Waals surface area (Å²) < 4.78 is 13.9. The van der Waals surface area contributed by atoms with Crippen LogP contribution in [0.2, 0.25) is 0 Å². The van der Waals surface area contributed by atoms with E-state index in [2.05, 4.69) is 4.98 Å². The van der Waals surface area contributed by atoms with Crippen LogP contribution in [-0.2, 0) is 0 Å². The molecule has 21 heavy (non-hydrogen) atoms. The van der Waals surface area contributed by atoms with Crippen molar-refractivity contribution < 1.29 is 14.1 Å². The standard InChI is InChI=1S/C15H9FN2O3/c16-13-4-2-1-3-10(13)15-12(8-19)11-7-9(18(20)21)5-6-14(11)17-15/h1-8,17H. The molecular weight excluding hydrogens is 275 g/mol. The molecule has 0 spiro atoms. The van der Waals surface area contributed by atoms with Gasteiger partial charge in [0, 0.05) is 34.2 Å². The molecule has 0 radical (unpaired) electrons. The third kappa shape index (κ3) is 2.06. The first-order valence-electron chi connectivity index (χ1n) is 6.12. The van der Waals surface area contributed by atoms with Crippen molar-refractivity contribution in [3.8, 4) is 11.3 Å². The summed E-state index contributed by atoms with van der Waals surface area (Å²) in [6, 6.07) is 10.2. The number of aromatic amines is 1. The van der Waals surface area contributed by atoms with Crippen LogP contribution in [0.1, 0.15) is 10.4 Å². The number of H-pyrrole nitrogens is 1. The maximum Gasteiger partial charge on any atom is 0.270 e. The minimum absolute atomic E-state index is 0.121. The Morgan fingerprint density at radius 2 is 1.95 bits per heavy atom. The summed E-state index contributed by atoms with van der Waals surface area (Å²) >= 11 is 0. The molecule has 0 saturated carbocycles. The van der Waals surface area contributed by atoms with Crippen LogP contribution in [0.25, 0.3) is 22.2 Å². The van der Waals surface area contributed by atoms with Crippen molar-refractivity contribution >= 4 is 22.9 Å². The SMILES string of the molecule is O=Cc1c(-c2ccccc2F)[nH]c2ccc([N+](=O)[O-])cc12. The number of hydrogen-bond donors (Lipinski definition) is 1. The van der Waals surface area contributed by atoms with E-state index in [-0.39, 0.29) is 16.8 Å². The molecule has 1 N–H and O–H groups in total. The topological polar surface area (TPSA) is 76.0 Å². The molecule has 0 aliphatic heterocycles. The van der Waals surface area contributed by atoms with Crippen LogP contribution in [0, 0.1) is 15.9 Å². The second-order valence-electron chi connectivity index (χ2n) is 4.50. The van der Waals surface area contributed by atoms with Crippen LogP contribution >= 0.6 is 0 Å². The number of rotatable bonds is 3. The minimum atomic E-state index is -0.538. The lowest BCUT2D eigenvalue weighted by Crippen LogP contribution is -1.89. The number of carbonyl (C=O) groups is 1. The minimum Gasteiger partial charge on any atom is -0.354 e. The fourth-order valence-electron chi connectivity index (χ4n) is 2.31. The molecule has 1 aromatic heterocycles. The van der Waals surface area contributed by atoms with E-state index >= 15 is 0 Å². The summed E-state index contributed by atoms with van der Waals surface area (Å²) in [7, 11) is 0. The molecule has 0 fully saturated rings. The van der Waals surface area contributed by atoms with Crippen LogP contribution in [-0.4, -0.2) is 16.2 Å². The summed E-state index contributed by atoms with van der Waals surface area (Å²) in [6.07, 6.45) is 0.574. The average Bonchev–Trinajstić information content (AvgIpc) is 2.84. The molecule has 3 aromatic rings. The average molecular weight is 284 g/mol. The molecule has 0 unspecified atom stereocenters. The Hall–Kier alpha value is -3.02. The maximum atomic E-state index is 13.9. The van der Waals surface area contributed by atoms with E-state index in [0.717, 1.165) is 0 Å². The van der Waals surface area contributed by atoms with Gasteiger partial charge in [-0.05, 0) is 18.2 Å². The molecule has 3 rings (SSSR count). The Balaban J connectivity index is 2.32. The van der Waals surface area contributed by atoms with Gasteiger partial charge in [-0.1, -0.05) is 12.1 Å². The zero-order valence-electron chi connectivity index (χ0n) is 10.7. The van der Waals surface area contributed by atoms with Gasteiger partial charge in [0.1, 0.15) is 5.82 Å². The third-order valence-corrected chi connectivity index (χ3v) is 3.29. The summed E-state index contributed by atoms with van der Waals surface area (Å²) in [5.74, 6) is -0.471. The lowest BCUT2D eigenvalue weighted by molar-refractivity contribution is -0.384. The van der Waals surface area contributed by atoms with Crippen molar-refractivity contribution in [2.24, 2.45) is 0 Å². The number of benzene rings is 2. The first kappa shape index (κ1) is 13.0.